The first-order valence-corrected chi connectivity index (χ1v) is 5.12. The van der Waals surface area contributed by atoms with Crippen LogP contribution in [-0.4, -0.2) is 46.7 Å². The van der Waals surface area contributed by atoms with Gasteiger partial charge in [0.05, 0.1) is 0 Å². The summed E-state index contributed by atoms with van der Waals surface area (Å²) in [6, 6.07) is -2.02. The number of halogens is 3. The monoisotopic (exact) mass is 282 g/mol. The molecular formula is C10H13F3N2O4. The molecule has 0 aromatic rings. The zero-order chi connectivity index (χ0) is 15.2. The minimum atomic E-state index is -4.60. The summed E-state index contributed by atoms with van der Waals surface area (Å²) >= 11 is 0. The Morgan fingerprint density at radius 2 is 1.79 bits per heavy atom. The van der Waals surface area contributed by atoms with Gasteiger partial charge in [-0.2, -0.15) is 13.2 Å². The van der Waals surface area contributed by atoms with E-state index in [0.717, 1.165) is 0 Å². The molecule has 0 aromatic heterocycles. The number of nitrogens with one attached hydrogen (secondary N) is 1. The average molecular weight is 282 g/mol. The van der Waals surface area contributed by atoms with Gasteiger partial charge in [-0.25, -0.2) is 9.59 Å². The molecule has 0 aliphatic rings. The van der Waals surface area contributed by atoms with Crippen molar-refractivity contribution in [1.82, 2.24) is 10.2 Å². The van der Waals surface area contributed by atoms with Crippen molar-refractivity contribution in [3.63, 3.8) is 0 Å². The van der Waals surface area contributed by atoms with Gasteiger partial charge < -0.3 is 10.0 Å². The van der Waals surface area contributed by atoms with E-state index >= 15 is 0 Å². The van der Waals surface area contributed by atoms with Crippen LogP contribution < -0.4 is 5.32 Å². The molecule has 0 fully saturated rings. The number of carboxylic acid groups (broad SMARTS) is 1. The van der Waals surface area contributed by atoms with Crippen LogP contribution in [0.25, 0.3) is 0 Å². The molecule has 0 radical (unpaired) electrons. The third kappa shape index (κ3) is 7.79. The molecule has 9 heteroatoms. The third-order valence-corrected chi connectivity index (χ3v) is 1.84. The standard InChI is InChI=1S/C10H13F3N2O4/c1-6(2)15(5-10(11,12)13)9(19)14-7(16)3-4-8(17)18/h3-4,6H,5H2,1-2H3,(H,17,18)(H,14,16,19). The van der Waals surface area contributed by atoms with Crippen molar-refractivity contribution in [2.75, 3.05) is 6.54 Å². The van der Waals surface area contributed by atoms with Gasteiger partial charge in [0.2, 0.25) is 0 Å². The van der Waals surface area contributed by atoms with Gasteiger partial charge in [-0.15, -0.1) is 0 Å². The summed E-state index contributed by atoms with van der Waals surface area (Å²) < 4.78 is 36.7. The second-order valence-electron chi connectivity index (χ2n) is 3.80. The van der Waals surface area contributed by atoms with Crippen molar-refractivity contribution in [2.45, 2.75) is 26.1 Å². The van der Waals surface area contributed by atoms with Crippen LogP contribution in [0.2, 0.25) is 0 Å². The van der Waals surface area contributed by atoms with Gasteiger partial charge in [0.1, 0.15) is 6.54 Å². The molecule has 0 rings (SSSR count). The topological polar surface area (TPSA) is 86.7 Å². The molecule has 0 saturated carbocycles. The number of carbonyl (C=O) groups is 3. The van der Waals surface area contributed by atoms with Crippen LogP contribution in [0.3, 0.4) is 0 Å². The van der Waals surface area contributed by atoms with Crippen LogP contribution in [0.15, 0.2) is 12.2 Å². The molecule has 0 aliphatic carbocycles. The maximum Gasteiger partial charge on any atom is 0.406 e. The summed E-state index contributed by atoms with van der Waals surface area (Å²) in [5, 5.41) is 9.87. The van der Waals surface area contributed by atoms with E-state index in [1.165, 1.54) is 13.8 Å². The number of hydrogen-bond acceptors (Lipinski definition) is 3. The largest absolute Gasteiger partial charge is 0.478 e. The van der Waals surface area contributed by atoms with Crippen molar-refractivity contribution >= 4 is 17.9 Å². The summed E-state index contributed by atoms with van der Waals surface area (Å²) in [6.45, 7) is 1.19. The number of hydrogen-bond donors (Lipinski definition) is 2. The predicted octanol–water partition coefficient (Wildman–Crippen LogP) is 1.14. The first-order valence-electron chi connectivity index (χ1n) is 5.12. The fourth-order valence-corrected chi connectivity index (χ4v) is 1.05. The zero-order valence-corrected chi connectivity index (χ0v) is 10.2. The van der Waals surface area contributed by atoms with Crippen LogP contribution in [-0.2, 0) is 9.59 Å². The van der Waals surface area contributed by atoms with E-state index in [-0.39, 0.29) is 0 Å². The maximum absolute atomic E-state index is 12.2. The Bertz CT molecular complexity index is 391. The van der Waals surface area contributed by atoms with Gasteiger partial charge in [-0.05, 0) is 13.8 Å². The normalized spacial score (nSPS) is 11.7. The summed E-state index contributed by atoms with van der Waals surface area (Å²) in [5.41, 5.74) is 0. The zero-order valence-electron chi connectivity index (χ0n) is 10.2. The summed E-state index contributed by atoms with van der Waals surface area (Å²) in [7, 11) is 0. The summed E-state index contributed by atoms with van der Waals surface area (Å²) in [6.07, 6.45) is -3.60. The molecular weight excluding hydrogens is 269 g/mol. The van der Waals surface area contributed by atoms with Gasteiger partial charge in [0.25, 0.3) is 5.91 Å². The van der Waals surface area contributed by atoms with Crippen molar-refractivity contribution in [3.05, 3.63) is 12.2 Å². The lowest BCUT2D eigenvalue weighted by atomic mass is 10.3. The van der Waals surface area contributed by atoms with Crippen LogP contribution in [0.4, 0.5) is 18.0 Å². The number of carboxylic acids is 1. The van der Waals surface area contributed by atoms with Crippen LogP contribution in [0.1, 0.15) is 13.8 Å². The smallest absolute Gasteiger partial charge is 0.406 e. The highest BCUT2D eigenvalue weighted by molar-refractivity contribution is 6.02. The molecule has 6 nitrogen and oxygen atoms in total. The fraction of sp³-hybridized carbons (Fsp3) is 0.500. The molecule has 0 unspecified atom stereocenters. The summed E-state index contributed by atoms with van der Waals surface area (Å²) in [5.74, 6) is -2.53. The van der Waals surface area contributed by atoms with E-state index in [4.69, 9.17) is 5.11 Å². The highest BCUT2D eigenvalue weighted by atomic mass is 19.4. The van der Waals surface area contributed by atoms with Crippen LogP contribution in [0, 0.1) is 0 Å². The molecule has 0 heterocycles. The first-order chi connectivity index (χ1) is 8.53. The van der Waals surface area contributed by atoms with Crippen LogP contribution >= 0.6 is 0 Å². The molecule has 0 aliphatic heterocycles. The maximum atomic E-state index is 12.2. The lowest BCUT2D eigenvalue weighted by Gasteiger charge is -2.27. The lowest BCUT2D eigenvalue weighted by Crippen LogP contribution is -2.49. The number of alkyl halides is 3. The molecule has 108 valence electrons. The minimum Gasteiger partial charge on any atom is -0.478 e. The highest BCUT2D eigenvalue weighted by Gasteiger charge is 2.34. The van der Waals surface area contributed by atoms with Crippen LogP contribution in [0.5, 0.6) is 0 Å². The number of amides is 3. The van der Waals surface area contributed by atoms with E-state index in [9.17, 15) is 27.6 Å². The van der Waals surface area contributed by atoms with Gasteiger partial charge >= 0.3 is 18.2 Å². The number of aliphatic carboxylic acids is 1. The fourth-order valence-electron chi connectivity index (χ4n) is 1.05. The molecule has 0 saturated heterocycles. The van der Waals surface area contributed by atoms with Gasteiger partial charge in [-0.3, -0.25) is 10.1 Å². The second-order valence-corrected chi connectivity index (χ2v) is 3.80. The highest BCUT2D eigenvalue weighted by Crippen LogP contribution is 2.17. The predicted molar refractivity (Wildman–Crippen MR) is 58.2 cm³/mol. The van der Waals surface area contributed by atoms with E-state index in [2.05, 4.69) is 0 Å². The molecule has 19 heavy (non-hydrogen) atoms. The second kappa shape index (κ2) is 6.76. The molecule has 0 bridgehead atoms. The Hall–Kier alpha value is -2.06. The number of carbonyl (C=O) groups excluding carboxylic acids is 2. The number of urea groups is 1. The van der Waals surface area contributed by atoms with Crippen molar-refractivity contribution in [2.24, 2.45) is 0 Å². The molecule has 0 aromatic carbocycles. The average Bonchev–Trinajstić information content (AvgIpc) is 2.21. The van der Waals surface area contributed by atoms with E-state index in [0.29, 0.717) is 17.1 Å². The van der Waals surface area contributed by atoms with E-state index in [1.807, 2.05) is 0 Å². The Labute approximate surface area is 106 Å². The number of rotatable bonds is 4. The summed E-state index contributed by atoms with van der Waals surface area (Å²) in [4.78, 5) is 33.0. The van der Waals surface area contributed by atoms with E-state index < -0.39 is 36.7 Å². The van der Waals surface area contributed by atoms with Crippen molar-refractivity contribution < 1.29 is 32.7 Å². The molecule has 3 amide bonds. The Kier molecular flexibility index (Phi) is 6.03. The lowest BCUT2D eigenvalue weighted by molar-refractivity contribution is -0.143. The molecule has 0 atom stereocenters. The number of nitrogens with zero attached hydrogens (tertiary/aromatic N) is 1. The first kappa shape index (κ1) is 16.9. The molecule has 0 spiro atoms. The number of imide groups is 1. The third-order valence-electron chi connectivity index (χ3n) is 1.84. The SMILES string of the molecule is CC(C)N(CC(F)(F)F)C(=O)NC(=O)C=CC(=O)O. The van der Waals surface area contributed by atoms with Gasteiger partial charge in [-0.1, -0.05) is 0 Å². The Morgan fingerprint density at radius 3 is 2.16 bits per heavy atom. The minimum absolute atomic E-state index is 0.409. The van der Waals surface area contributed by atoms with Crippen molar-refractivity contribution in [3.8, 4) is 0 Å². The quantitative estimate of drug-likeness (QED) is 0.757. The van der Waals surface area contributed by atoms with Crippen molar-refractivity contribution in [1.29, 1.82) is 0 Å². The van der Waals surface area contributed by atoms with E-state index in [1.54, 1.807) is 5.32 Å². The van der Waals surface area contributed by atoms with Gasteiger partial charge in [0.15, 0.2) is 0 Å². The Balaban J connectivity index is 4.66. The van der Waals surface area contributed by atoms with Gasteiger partial charge in [0, 0.05) is 18.2 Å². The molecule has 2 N–H and O–H groups in total. The Morgan fingerprint density at radius 1 is 1.26 bits per heavy atom.